The Labute approximate surface area is 117 Å². The number of hydrogen-bond acceptors (Lipinski definition) is 3. The van der Waals surface area contributed by atoms with Crippen molar-refractivity contribution in [2.24, 2.45) is 5.73 Å². The third kappa shape index (κ3) is 3.03. The second kappa shape index (κ2) is 5.85. The van der Waals surface area contributed by atoms with E-state index in [1.54, 1.807) is 6.07 Å². The van der Waals surface area contributed by atoms with Crippen LogP contribution >= 0.6 is 23.5 Å². The van der Waals surface area contributed by atoms with Gasteiger partial charge in [-0.15, -0.1) is 0 Å². The number of thioether (sulfide) groups is 2. The zero-order chi connectivity index (χ0) is 13.3. The van der Waals surface area contributed by atoms with Crippen molar-refractivity contribution in [3.63, 3.8) is 0 Å². The summed E-state index contributed by atoms with van der Waals surface area (Å²) in [6.07, 6.45) is 0. The SMILES string of the molecule is Cc1cc(F)ccc1C(N)C1CSC(C)C(C)S1. The predicted octanol–water partition coefficient (Wildman–Crippen LogP) is 3.76. The number of aryl methyl sites for hydroxylation is 1. The van der Waals surface area contributed by atoms with Crippen LogP contribution in [0, 0.1) is 12.7 Å². The normalized spacial score (nSPS) is 30.2. The minimum atomic E-state index is -0.184. The van der Waals surface area contributed by atoms with Crippen molar-refractivity contribution in [3.05, 3.63) is 35.1 Å². The van der Waals surface area contributed by atoms with Gasteiger partial charge in [-0.25, -0.2) is 4.39 Å². The summed E-state index contributed by atoms with van der Waals surface area (Å²) in [7, 11) is 0. The summed E-state index contributed by atoms with van der Waals surface area (Å²) in [4.78, 5) is 0. The molecule has 1 fully saturated rings. The van der Waals surface area contributed by atoms with Crippen LogP contribution in [0.5, 0.6) is 0 Å². The molecular formula is C14H20FNS2. The van der Waals surface area contributed by atoms with Gasteiger partial charge in [-0.1, -0.05) is 19.9 Å². The lowest BCUT2D eigenvalue weighted by atomic mass is 10.00. The molecule has 0 saturated carbocycles. The molecule has 0 aromatic heterocycles. The molecule has 4 unspecified atom stereocenters. The maximum Gasteiger partial charge on any atom is 0.123 e. The zero-order valence-electron chi connectivity index (χ0n) is 11.0. The number of halogens is 1. The average Bonchev–Trinajstić information content (AvgIpc) is 2.32. The summed E-state index contributed by atoms with van der Waals surface area (Å²) in [5.74, 6) is 0.893. The summed E-state index contributed by atoms with van der Waals surface area (Å²) in [6.45, 7) is 6.47. The highest BCUT2D eigenvalue weighted by Crippen LogP contribution is 2.40. The number of benzene rings is 1. The van der Waals surface area contributed by atoms with Gasteiger partial charge in [-0.2, -0.15) is 23.5 Å². The Kier molecular flexibility index (Phi) is 4.62. The van der Waals surface area contributed by atoms with Crippen molar-refractivity contribution in [1.82, 2.24) is 0 Å². The molecule has 1 saturated heterocycles. The summed E-state index contributed by atoms with van der Waals surface area (Å²) in [5.41, 5.74) is 8.41. The molecule has 0 bridgehead atoms. The van der Waals surface area contributed by atoms with Gasteiger partial charge >= 0.3 is 0 Å². The molecule has 1 aliphatic rings. The molecule has 4 atom stereocenters. The second-order valence-corrected chi connectivity index (χ2v) is 7.98. The van der Waals surface area contributed by atoms with Crippen LogP contribution in [0.25, 0.3) is 0 Å². The van der Waals surface area contributed by atoms with E-state index in [1.807, 2.05) is 36.5 Å². The Bertz CT molecular complexity index is 424. The van der Waals surface area contributed by atoms with Crippen LogP contribution in [0.15, 0.2) is 18.2 Å². The van der Waals surface area contributed by atoms with E-state index in [4.69, 9.17) is 5.73 Å². The molecule has 100 valence electrons. The Balaban J connectivity index is 2.13. The molecular weight excluding hydrogens is 265 g/mol. The molecule has 1 aliphatic heterocycles. The van der Waals surface area contributed by atoms with Crippen molar-refractivity contribution >= 4 is 23.5 Å². The molecule has 0 aliphatic carbocycles. The molecule has 18 heavy (non-hydrogen) atoms. The fraction of sp³-hybridized carbons (Fsp3) is 0.571. The minimum absolute atomic E-state index is 0.00181. The van der Waals surface area contributed by atoms with Gasteiger partial charge in [0.25, 0.3) is 0 Å². The van der Waals surface area contributed by atoms with E-state index in [1.165, 1.54) is 6.07 Å². The van der Waals surface area contributed by atoms with Gasteiger partial charge < -0.3 is 5.73 Å². The lowest BCUT2D eigenvalue weighted by Crippen LogP contribution is -2.34. The van der Waals surface area contributed by atoms with Crippen molar-refractivity contribution in [3.8, 4) is 0 Å². The zero-order valence-corrected chi connectivity index (χ0v) is 12.7. The third-order valence-electron chi connectivity index (χ3n) is 3.57. The van der Waals surface area contributed by atoms with Crippen LogP contribution in [0.3, 0.4) is 0 Å². The lowest BCUT2D eigenvalue weighted by molar-refractivity contribution is 0.622. The molecule has 2 N–H and O–H groups in total. The average molecular weight is 285 g/mol. The van der Waals surface area contributed by atoms with Crippen LogP contribution in [0.2, 0.25) is 0 Å². The molecule has 4 heteroatoms. The van der Waals surface area contributed by atoms with Crippen LogP contribution < -0.4 is 5.73 Å². The standard InChI is InChI=1S/C14H20FNS2/c1-8-6-11(15)4-5-12(8)14(16)13-7-17-9(2)10(3)18-13/h4-6,9-10,13-14H,7,16H2,1-3H3. The predicted molar refractivity (Wildman–Crippen MR) is 80.8 cm³/mol. The third-order valence-corrected chi connectivity index (χ3v) is 7.08. The molecule has 2 rings (SSSR count). The van der Waals surface area contributed by atoms with E-state index < -0.39 is 0 Å². The van der Waals surface area contributed by atoms with Gasteiger partial charge in [-0.05, 0) is 30.2 Å². The van der Waals surface area contributed by atoms with Gasteiger partial charge in [0.2, 0.25) is 0 Å². The van der Waals surface area contributed by atoms with Crippen LogP contribution in [0.1, 0.15) is 31.0 Å². The van der Waals surface area contributed by atoms with Crippen molar-refractivity contribution in [1.29, 1.82) is 0 Å². The molecule has 0 amide bonds. The molecule has 0 radical (unpaired) electrons. The van der Waals surface area contributed by atoms with E-state index >= 15 is 0 Å². The maximum absolute atomic E-state index is 13.1. The summed E-state index contributed by atoms with van der Waals surface area (Å²) in [5, 5.41) is 1.73. The second-order valence-electron chi connectivity index (χ2n) is 4.94. The van der Waals surface area contributed by atoms with E-state index in [9.17, 15) is 4.39 Å². The number of hydrogen-bond donors (Lipinski definition) is 1. The van der Waals surface area contributed by atoms with Crippen LogP contribution in [-0.2, 0) is 0 Å². The fourth-order valence-corrected chi connectivity index (χ4v) is 5.25. The fourth-order valence-electron chi connectivity index (χ4n) is 2.21. The van der Waals surface area contributed by atoms with Gasteiger partial charge in [-0.3, -0.25) is 0 Å². The quantitative estimate of drug-likeness (QED) is 0.896. The first kappa shape index (κ1) is 14.2. The molecule has 1 nitrogen and oxygen atoms in total. The Morgan fingerprint density at radius 2 is 2.06 bits per heavy atom. The molecule has 0 spiro atoms. The first-order chi connectivity index (χ1) is 8.49. The Morgan fingerprint density at radius 3 is 2.67 bits per heavy atom. The van der Waals surface area contributed by atoms with Crippen LogP contribution in [0.4, 0.5) is 4.39 Å². The topological polar surface area (TPSA) is 26.0 Å². The van der Waals surface area contributed by atoms with E-state index in [0.717, 1.165) is 16.9 Å². The van der Waals surface area contributed by atoms with Gasteiger partial charge in [0.1, 0.15) is 5.82 Å². The lowest BCUT2D eigenvalue weighted by Gasteiger charge is -2.35. The number of rotatable bonds is 2. The maximum atomic E-state index is 13.1. The molecule has 1 aromatic carbocycles. The summed E-state index contributed by atoms with van der Waals surface area (Å²) in [6, 6.07) is 4.91. The van der Waals surface area contributed by atoms with E-state index in [0.29, 0.717) is 15.7 Å². The first-order valence-corrected chi connectivity index (χ1v) is 8.27. The highest BCUT2D eigenvalue weighted by molar-refractivity contribution is 8.07. The monoisotopic (exact) mass is 285 g/mol. The van der Waals surface area contributed by atoms with Crippen molar-refractivity contribution < 1.29 is 4.39 Å². The molecule has 1 heterocycles. The summed E-state index contributed by atoms with van der Waals surface area (Å²) >= 11 is 3.96. The van der Waals surface area contributed by atoms with Crippen molar-refractivity contribution in [2.45, 2.75) is 42.6 Å². The Hall–Kier alpha value is -0.190. The highest BCUT2D eigenvalue weighted by Gasteiger charge is 2.30. The van der Waals surface area contributed by atoms with Crippen molar-refractivity contribution in [2.75, 3.05) is 5.75 Å². The summed E-state index contributed by atoms with van der Waals surface area (Å²) < 4.78 is 13.1. The van der Waals surface area contributed by atoms with E-state index in [-0.39, 0.29) is 11.9 Å². The smallest absolute Gasteiger partial charge is 0.123 e. The Morgan fingerprint density at radius 1 is 1.33 bits per heavy atom. The highest BCUT2D eigenvalue weighted by atomic mass is 32.2. The van der Waals surface area contributed by atoms with Gasteiger partial charge in [0, 0.05) is 27.5 Å². The van der Waals surface area contributed by atoms with Crippen LogP contribution in [-0.4, -0.2) is 21.5 Å². The van der Waals surface area contributed by atoms with E-state index in [2.05, 4.69) is 13.8 Å². The number of nitrogens with two attached hydrogens (primary N) is 1. The largest absolute Gasteiger partial charge is 0.323 e. The van der Waals surface area contributed by atoms with Gasteiger partial charge in [0.15, 0.2) is 0 Å². The first-order valence-electron chi connectivity index (χ1n) is 6.27. The molecule has 1 aromatic rings. The van der Waals surface area contributed by atoms with Gasteiger partial charge in [0.05, 0.1) is 0 Å². The minimum Gasteiger partial charge on any atom is -0.323 e.